The highest BCUT2D eigenvalue weighted by Gasteiger charge is 2.19. The predicted octanol–water partition coefficient (Wildman–Crippen LogP) is 4.88. The van der Waals surface area contributed by atoms with Gasteiger partial charge in [0.2, 0.25) is 0 Å². The summed E-state index contributed by atoms with van der Waals surface area (Å²) < 4.78 is 5.63. The van der Waals surface area contributed by atoms with Crippen molar-refractivity contribution in [2.24, 2.45) is 0 Å². The molecule has 3 rings (SSSR count). The van der Waals surface area contributed by atoms with E-state index in [4.69, 9.17) is 27.9 Å². The lowest BCUT2D eigenvalue weighted by molar-refractivity contribution is -0.384. The number of nitro groups is 1. The first-order valence-electron chi connectivity index (χ1n) is 9.33. The molecule has 2 aromatic rings. The molecule has 0 bridgehead atoms. The molecule has 0 saturated carbocycles. The van der Waals surface area contributed by atoms with E-state index < -0.39 is 4.92 Å². The van der Waals surface area contributed by atoms with E-state index >= 15 is 0 Å². The zero-order chi connectivity index (χ0) is 19.9. The number of anilines is 1. The van der Waals surface area contributed by atoms with E-state index in [1.54, 1.807) is 18.2 Å². The van der Waals surface area contributed by atoms with Gasteiger partial charge in [-0.05, 0) is 37.6 Å². The molecule has 1 heterocycles. The highest BCUT2D eigenvalue weighted by Crippen LogP contribution is 2.32. The van der Waals surface area contributed by atoms with E-state index in [0.29, 0.717) is 22.4 Å². The molecule has 0 unspecified atom stereocenters. The average molecular weight is 424 g/mol. The molecular formula is C20H23Cl2N3O3. The minimum atomic E-state index is -0.414. The Labute approximate surface area is 174 Å². The van der Waals surface area contributed by atoms with Gasteiger partial charge in [0, 0.05) is 32.2 Å². The van der Waals surface area contributed by atoms with Gasteiger partial charge in [-0.15, -0.1) is 0 Å². The Kier molecular flexibility index (Phi) is 7.36. The molecule has 1 aliphatic heterocycles. The summed E-state index contributed by atoms with van der Waals surface area (Å²) in [6, 6.07) is 12.0. The van der Waals surface area contributed by atoms with Crippen LogP contribution in [0.25, 0.3) is 0 Å². The molecule has 1 saturated heterocycles. The van der Waals surface area contributed by atoms with Gasteiger partial charge in [0.1, 0.15) is 5.75 Å². The third-order valence-corrected chi connectivity index (χ3v) is 5.62. The maximum absolute atomic E-state index is 10.8. The fourth-order valence-electron chi connectivity index (χ4n) is 3.26. The smallest absolute Gasteiger partial charge is 0.273 e. The Morgan fingerprint density at radius 3 is 2.54 bits per heavy atom. The maximum Gasteiger partial charge on any atom is 0.273 e. The summed E-state index contributed by atoms with van der Waals surface area (Å²) in [6.45, 7) is 5.37. The van der Waals surface area contributed by atoms with Gasteiger partial charge in [0.05, 0.1) is 33.3 Å². The van der Waals surface area contributed by atoms with Gasteiger partial charge in [-0.3, -0.25) is 15.0 Å². The van der Waals surface area contributed by atoms with Crippen LogP contribution in [-0.2, 0) is 0 Å². The van der Waals surface area contributed by atoms with Crippen LogP contribution in [-0.4, -0.2) is 49.2 Å². The molecule has 28 heavy (non-hydrogen) atoms. The van der Waals surface area contributed by atoms with Gasteiger partial charge in [-0.2, -0.15) is 0 Å². The molecule has 0 aliphatic carbocycles. The van der Waals surface area contributed by atoms with Crippen molar-refractivity contribution in [1.29, 1.82) is 0 Å². The van der Waals surface area contributed by atoms with Gasteiger partial charge >= 0.3 is 0 Å². The lowest BCUT2D eigenvalue weighted by Gasteiger charge is -2.36. The summed E-state index contributed by atoms with van der Waals surface area (Å²) in [5, 5.41) is 12.0. The van der Waals surface area contributed by atoms with Crippen molar-refractivity contribution in [3.05, 3.63) is 62.6 Å². The summed E-state index contributed by atoms with van der Waals surface area (Å²) >= 11 is 12.4. The number of nitrogens with zero attached hydrogens (tertiary/aromatic N) is 3. The molecule has 1 aliphatic rings. The van der Waals surface area contributed by atoms with Crippen LogP contribution in [0.5, 0.6) is 5.75 Å². The third kappa shape index (κ3) is 5.50. The van der Waals surface area contributed by atoms with Crippen molar-refractivity contribution >= 4 is 34.6 Å². The van der Waals surface area contributed by atoms with E-state index in [9.17, 15) is 10.1 Å². The van der Waals surface area contributed by atoms with Gasteiger partial charge < -0.3 is 9.64 Å². The lowest BCUT2D eigenvalue weighted by Crippen LogP contribution is -2.46. The fourth-order valence-corrected chi connectivity index (χ4v) is 3.68. The Hall–Kier alpha value is -2.02. The van der Waals surface area contributed by atoms with E-state index in [1.807, 2.05) is 12.1 Å². The monoisotopic (exact) mass is 423 g/mol. The average Bonchev–Trinajstić information content (AvgIpc) is 2.70. The first-order chi connectivity index (χ1) is 13.5. The van der Waals surface area contributed by atoms with Gasteiger partial charge in [-0.25, -0.2) is 0 Å². The van der Waals surface area contributed by atoms with Gasteiger partial charge in [0.15, 0.2) is 0 Å². The Balaban J connectivity index is 1.35. The van der Waals surface area contributed by atoms with Crippen LogP contribution in [0.1, 0.15) is 12.8 Å². The Morgan fingerprint density at radius 2 is 1.79 bits per heavy atom. The van der Waals surface area contributed by atoms with E-state index in [-0.39, 0.29) is 5.69 Å². The number of halogens is 2. The Morgan fingerprint density at radius 1 is 1.04 bits per heavy atom. The summed E-state index contributed by atoms with van der Waals surface area (Å²) in [7, 11) is 0. The zero-order valence-corrected chi connectivity index (χ0v) is 17.0. The molecule has 0 aromatic heterocycles. The van der Waals surface area contributed by atoms with Crippen LogP contribution in [0, 0.1) is 10.1 Å². The fraction of sp³-hybridized carbons (Fsp3) is 0.400. The number of nitro benzene ring substituents is 1. The van der Waals surface area contributed by atoms with Crippen molar-refractivity contribution in [3.63, 3.8) is 0 Å². The number of non-ortho nitro benzene ring substituents is 1. The second-order valence-corrected chi connectivity index (χ2v) is 7.50. The van der Waals surface area contributed by atoms with Crippen LogP contribution >= 0.6 is 23.2 Å². The number of benzene rings is 2. The van der Waals surface area contributed by atoms with Crippen LogP contribution in [0.4, 0.5) is 11.4 Å². The molecule has 2 aromatic carbocycles. The van der Waals surface area contributed by atoms with Crippen LogP contribution < -0.4 is 9.64 Å². The maximum atomic E-state index is 10.8. The van der Waals surface area contributed by atoms with Crippen molar-refractivity contribution in [2.75, 3.05) is 44.2 Å². The van der Waals surface area contributed by atoms with Crippen LogP contribution in [0.2, 0.25) is 10.0 Å². The number of unbranched alkanes of at least 4 members (excludes halogenated alkanes) is 1. The van der Waals surface area contributed by atoms with E-state index in [0.717, 1.165) is 51.3 Å². The van der Waals surface area contributed by atoms with Crippen molar-refractivity contribution < 1.29 is 9.66 Å². The number of hydrogen-bond donors (Lipinski definition) is 0. The minimum absolute atomic E-state index is 0.0511. The van der Waals surface area contributed by atoms with Crippen LogP contribution in [0.15, 0.2) is 42.5 Å². The van der Waals surface area contributed by atoms with Crippen molar-refractivity contribution in [1.82, 2.24) is 4.90 Å². The van der Waals surface area contributed by atoms with E-state index in [2.05, 4.69) is 9.80 Å². The predicted molar refractivity (Wildman–Crippen MR) is 113 cm³/mol. The summed E-state index contributed by atoms with van der Waals surface area (Å²) in [5.41, 5.74) is 1.05. The second kappa shape index (κ2) is 9.96. The minimum Gasteiger partial charge on any atom is -0.493 e. The molecule has 0 atom stereocenters. The standard InChI is InChI=1S/C20H23Cl2N3O3/c21-18-7-4-8-19(20(18)22)24-12-10-23(11-13-24)9-1-2-14-28-17-6-3-5-16(15-17)25(26)27/h3-8,15H,1-2,9-14H2. The molecule has 1 fully saturated rings. The third-order valence-electron chi connectivity index (χ3n) is 4.81. The molecule has 6 nitrogen and oxygen atoms in total. The molecule has 8 heteroatoms. The normalized spacial score (nSPS) is 14.9. The number of rotatable bonds is 8. The SMILES string of the molecule is O=[N+]([O-])c1cccc(OCCCCN2CCN(c3cccc(Cl)c3Cl)CC2)c1. The van der Waals surface area contributed by atoms with E-state index in [1.165, 1.54) is 12.1 Å². The summed E-state index contributed by atoms with van der Waals surface area (Å²) in [5.74, 6) is 0.543. The van der Waals surface area contributed by atoms with Gasteiger partial charge in [0.25, 0.3) is 5.69 Å². The lowest BCUT2D eigenvalue weighted by atomic mass is 10.2. The number of hydrogen-bond acceptors (Lipinski definition) is 5. The van der Waals surface area contributed by atoms with Crippen molar-refractivity contribution in [2.45, 2.75) is 12.8 Å². The first kappa shape index (κ1) is 20.7. The number of ether oxygens (including phenoxy) is 1. The molecule has 0 radical (unpaired) electrons. The highest BCUT2D eigenvalue weighted by atomic mass is 35.5. The number of piperazine rings is 1. The first-order valence-corrected chi connectivity index (χ1v) is 10.1. The highest BCUT2D eigenvalue weighted by molar-refractivity contribution is 6.43. The molecule has 150 valence electrons. The summed E-state index contributed by atoms with van der Waals surface area (Å²) in [6.07, 6.45) is 1.93. The molecule has 0 spiro atoms. The largest absolute Gasteiger partial charge is 0.493 e. The van der Waals surface area contributed by atoms with Crippen LogP contribution in [0.3, 0.4) is 0 Å². The van der Waals surface area contributed by atoms with Crippen molar-refractivity contribution in [3.8, 4) is 5.75 Å². The molecule has 0 N–H and O–H groups in total. The van der Waals surface area contributed by atoms with Gasteiger partial charge in [-0.1, -0.05) is 35.3 Å². The second-order valence-electron chi connectivity index (χ2n) is 6.71. The zero-order valence-electron chi connectivity index (χ0n) is 15.5. The summed E-state index contributed by atoms with van der Waals surface area (Å²) in [4.78, 5) is 15.1. The Bertz CT molecular complexity index is 811. The molecule has 0 amide bonds. The topological polar surface area (TPSA) is 58.9 Å². The quantitative estimate of drug-likeness (QED) is 0.343. The molecular weight excluding hydrogens is 401 g/mol.